The number of carboxylic acids is 1. The largest absolute Gasteiger partial charge is 0.481 e. The summed E-state index contributed by atoms with van der Waals surface area (Å²) in [5.74, 6) is -0.821. The lowest BCUT2D eigenvalue weighted by Crippen LogP contribution is -2.38. The van der Waals surface area contributed by atoms with Gasteiger partial charge < -0.3 is 9.84 Å². The second-order valence-electron chi connectivity index (χ2n) is 4.12. The molecule has 0 aromatic carbocycles. The highest BCUT2D eigenvalue weighted by atomic mass is 16.5. The Labute approximate surface area is 99.2 Å². The first kappa shape index (κ1) is 11.6. The van der Waals surface area contributed by atoms with Crippen LogP contribution in [0.2, 0.25) is 0 Å². The van der Waals surface area contributed by atoms with Crippen LogP contribution in [0.15, 0.2) is 30.6 Å². The predicted molar refractivity (Wildman–Crippen MR) is 60.6 cm³/mol. The Bertz CT molecular complexity index is 419. The molecule has 1 heterocycles. The van der Waals surface area contributed by atoms with E-state index >= 15 is 0 Å². The fraction of sp³-hybridized carbons (Fsp3) is 0.417. The summed E-state index contributed by atoms with van der Waals surface area (Å²) >= 11 is 0. The van der Waals surface area contributed by atoms with Crippen molar-refractivity contribution in [3.05, 3.63) is 30.6 Å². The van der Waals surface area contributed by atoms with Crippen LogP contribution in [0.5, 0.6) is 6.01 Å². The lowest BCUT2D eigenvalue weighted by Gasteiger charge is -2.29. The Morgan fingerprint density at radius 3 is 2.76 bits per heavy atom. The van der Waals surface area contributed by atoms with Gasteiger partial charge in [0.1, 0.15) is 12.0 Å². The van der Waals surface area contributed by atoms with Crippen molar-refractivity contribution in [2.24, 2.45) is 5.41 Å². The minimum Gasteiger partial charge on any atom is -0.481 e. The van der Waals surface area contributed by atoms with Crippen molar-refractivity contribution in [3.63, 3.8) is 0 Å². The highest BCUT2D eigenvalue weighted by Gasteiger charge is 2.39. The fourth-order valence-corrected chi connectivity index (χ4v) is 1.84. The number of aromatic nitrogens is 2. The first-order valence-electron chi connectivity index (χ1n) is 5.51. The van der Waals surface area contributed by atoms with E-state index < -0.39 is 11.4 Å². The van der Waals surface area contributed by atoms with Crippen molar-refractivity contribution in [1.82, 2.24) is 9.97 Å². The Hall–Kier alpha value is -1.91. The van der Waals surface area contributed by atoms with Gasteiger partial charge in [0.15, 0.2) is 0 Å². The number of carbonyl (C=O) groups is 1. The molecule has 1 aliphatic carbocycles. The van der Waals surface area contributed by atoms with Crippen LogP contribution >= 0.6 is 0 Å². The Balaban J connectivity index is 2.04. The first-order chi connectivity index (χ1) is 8.23. The van der Waals surface area contributed by atoms with E-state index in [9.17, 15) is 9.90 Å². The predicted octanol–water partition coefficient (Wildman–Crippen LogP) is 1.67. The molecule has 0 radical (unpaired) electrons. The fourth-order valence-electron chi connectivity index (χ4n) is 1.84. The molecule has 5 heteroatoms. The standard InChI is InChI=1S/C12H14N2O3/c15-10(16)12(5-2-1-3-6-12)9-17-11-13-7-4-8-14-11/h1-2,4,7-8H,3,5-6,9H2,(H,15,16). The zero-order valence-electron chi connectivity index (χ0n) is 9.37. The van der Waals surface area contributed by atoms with Gasteiger partial charge in [-0.05, 0) is 25.3 Å². The molecule has 1 N–H and O–H groups in total. The van der Waals surface area contributed by atoms with Gasteiger partial charge in [0.2, 0.25) is 0 Å². The summed E-state index contributed by atoms with van der Waals surface area (Å²) in [6.45, 7) is 0.108. The van der Waals surface area contributed by atoms with Gasteiger partial charge in [0.05, 0.1) is 0 Å². The second-order valence-corrected chi connectivity index (χ2v) is 4.12. The normalized spacial score (nSPS) is 23.3. The third-order valence-electron chi connectivity index (χ3n) is 2.94. The molecule has 0 amide bonds. The summed E-state index contributed by atoms with van der Waals surface area (Å²) in [5, 5.41) is 9.31. The van der Waals surface area contributed by atoms with Gasteiger partial charge in [0.25, 0.3) is 0 Å². The third-order valence-corrected chi connectivity index (χ3v) is 2.94. The lowest BCUT2D eigenvalue weighted by molar-refractivity contribution is -0.151. The molecule has 1 aromatic rings. The molecule has 2 rings (SSSR count). The molecule has 0 saturated heterocycles. The molecular weight excluding hydrogens is 220 g/mol. The van der Waals surface area contributed by atoms with E-state index in [1.54, 1.807) is 18.5 Å². The SMILES string of the molecule is O=C(O)C1(COc2ncccn2)CC=CCC1. The van der Waals surface area contributed by atoms with E-state index in [0.717, 1.165) is 6.42 Å². The third kappa shape index (κ3) is 2.61. The van der Waals surface area contributed by atoms with Crippen LogP contribution in [0, 0.1) is 5.41 Å². The highest BCUT2D eigenvalue weighted by molar-refractivity contribution is 5.75. The Morgan fingerprint density at radius 1 is 1.41 bits per heavy atom. The van der Waals surface area contributed by atoms with Crippen LogP contribution in [-0.4, -0.2) is 27.7 Å². The van der Waals surface area contributed by atoms with Gasteiger partial charge >= 0.3 is 12.0 Å². The van der Waals surface area contributed by atoms with E-state index in [-0.39, 0.29) is 12.6 Å². The van der Waals surface area contributed by atoms with E-state index in [0.29, 0.717) is 12.8 Å². The van der Waals surface area contributed by atoms with Gasteiger partial charge in [-0.2, -0.15) is 0 Å². The van der Waals surface area contributed by atoms with E-state index in [2.05, 4.69) is 9.97 Å². The van der Waals surface area contributed by atoms with Crippen LogP contribution in [0.3, 0.4) is 0 Å². The Morgan fingerprint density at radius 2 is 2.18 bits per heavy atom. The summed E-state index contributed by atoms with van der Waals surface area (Å²) in [6, 6.07) is 1.91. The first-order valence-corrected chi connectivity index (χ1v) is 5.51. The quantitative estimate of drug-likeness (QED) is 0.802. The van der Waals surface area contributed by atoms with Gasteiger partial charge in [-0.15, -0.1) is 0 Å². The van der Waals surface area contributed by atoms with Gasteiger partial charge in [-0.3, -0.25) is 4.79 Å². The number of hydrogen-bond donors (Lipinski definition) is 1. The number of hydrogen-bond acceptors (Lipinski definition) is 4. The maximum absolute atomic E-state index is 11.3. The number of ether oxygens (including phenoxy) is 1. The molecule has 1 aliphatic rings. The smallest absolute Gasteiger partial charge is 0.316 e. The zero-order valence-corrected chi connectivity index (χ0v) is 9.37. The van der Waals surface area contributed by atoms with Crippen LogP contribution < -0.4 is 4.74 Å². The van der Waals surface area contributed by atoms with Gasteiger partial charge in [0, 0.05) is 12.4 Å². The summed E-state index contributed by atoms with van der Waals surface area (Å²) in [6.07, 6.45) is 8.88. The number of nitrogens with zero attached hydrogens (tertiary/aromatic N) is 2. The highest BCUT2D eigenvalue weighted by Crippen LogP contribution is 2.33. The maximum atomic E-state index is 11.3. The average molecular weight is 234 g/mol. The molecule has 1 aromatic heterocycles. The molecule has 0 aliphatic heterocycles. The number of carboxylic acid groups (broad SMARTS) is 1. The van der Waals surface area contributed by atoms with E-state index in [1.165, 1.54) is 0 Å². The Kier molecular flexibility index (Phi) is 3.37. The molecule has 1 unspecified atom stereocenters. The molecule has 17 heavy (non-hydrogen) atoms. The van der Waals surface area contributed by atoms with Crippen LogP contribution in [0.1, 0.15) is 19.3 Å². The van der Waals surface area contributed by atoms with Crippen LogP contribution in [0.25, 0.3) is 0 Å². The number of rotatable bonds is 4. The van der Waals surface area contributed by atoms with Crippen molar-refractivity contribution in [2.75, 3.05) is 6.61 Å². The topological polar surface area (TPSA) is 72.3 Å². The zero-order chi connectivity index (χ0) is 12.1. The molecule has 90 valence electrons. The van der Waals surface area contributed by atoms with Crippen molar-refractivity contribution in [3.8, 4) is 6.01 Å². The van der Waals surface area contributed by atoms with Crippen molar-refractivity contribution < 1.29 is 14.6 Å². The number of allylic oxidation sites excluding steroid dienone is 2. The summed E-state index contributed by atoms with van der Waals surface area (Å²) in [5.41, 5.74) is -0.839. The summed E-state index contributed by atoms with van der Waals surface area (Å²) < 4.78 is 5.37. The minimum atomic E-state index is -0.839. The number of aliphatic carboxylic acids is 1. The second kappa shape index (κ2) is 4.95. The van der Waals surface area contributed by atoms with Crippen LogP contribution in [0.4, 0.5) is 0 Å². The molecular formula is C12H14N2O3. The molecule has 0 fully saturated rings. The van der Waals surface area contributed by atoms with Crippen molar-refractivity contribution in [1.29, 1.82) is 0 Å². The molecule has 1 atom stereocenters. The molecule has 0 spiro atoms. The lowest BCUT2D eigenvalue weighted by atomic mass is 9.78. The van der Waals surface area contributed by atoms with Crippen molar-refractivity contribution >= 4 is 5.97 Å². The average Bonchev–Trinajstić information content (AvgIpc) is 2.38. The monoisotopic (exact) mass is 234 g/mol. The van der Waals surface area contributed by atoms with Crippen molar-refractivity contribution in [2.45, 2.75) is 19.3 Å². The molecule has 5 nitrogen and oxygen atoms in total. The minimum absolute atomic E-state index is 0.108. The summed E-state index contributed by atoms with van der Waals surface area (Å²) in [4.78, 5) is 19.2. The molecule has 0 bridgehead atoms. The van der Waals surface area contributed by atoms with E-state index in [4.69, 9.17) is 4.74 Å². The maximum Gasteiger partial charge on any atom is 0.316 e. The van der Waals surface area contributed by atoms with Gasteiger partial charge in [-0.1, -0.05) is 12.2 Å². The summed E-state index contributed by atoms with van der Waals surface area (Å²) in [7, 11) is 0. The van der Waals surface area contributed by atoms with E-state index in [1.807, 2.05) is 12.2 Å². The van der Waals surface area contributed by atoms with Crippen LogP contribution in [-0.2, 0) is 4.79 Å². The van der Waals surface area contributed by atoms with Gasteiger partial charge in [-0.25, -0.2) is 9.97 Å². The molecule has 0 saturated carbocycles.